The molecule has 6 atom stereocenters. The van der Waals surface area contributed by atoms with Gasteiger partial charge >= 0.3 is 6.18 Å². The van der Waals surface area contributed by atoms with Crippen molar-refractivity contribution >= 4 is 5.91 Å². The van der Waals surface area contributed by atoms with Crippen molar-refractivity contribution < 1.29 is 27.4 Å². The van der Waals surface area contributed by atoms with Crippen LogP contribution in [0, 0.1) is 17.8 Å². The highest BCUT2D eigenvalue weighted by Crippen LogP contribution is 2.51. The van der Waals surface area contributed by atoms with E-state index < -0.39 is 12.3 Å². The second-order valence-electron chi connectivity index (χ2n) is 6.81. The lowest BCUT2D eigenvalue weighted by atomic mass is 9.73. The van der Waals surface area contributed by atoms with Crippen molar-refractivity contribution in [2.75, 3.05) is 20.3 Å². The van der Waals surface area contributed by atoms with Gasteiger partial charge in [-0.3, -0.25) is 4.79 Å². The first-order valence-corrected chi connectivity index (χ1v) is 7.82. The van der Waals surface area contributed by atoms with Gasteiger partial charge in [0.05, 0.1) is 25.3 Å². The first-order valence-electron chi connectivity index (χ1n) is 7.82. The van der Waals surface area contributed by atoms with Crippen LogP contribution < -0.4 is 0 Å². The lowest BCUT2D eigenvalue weighted by molar-refractivity contribution is -0.242. The van der Waals surface area contributed by atoms with Crippen molar-refractivity contribution in [1.29, 1.82) is 0 Å². The van der Waals surface area contributed by atoms with Gasteiger partial charge < -0.3 is 14.4 Å². The molecule has 3 fully saturated rings. The number of ether oxygens (including phenoxy) is 2. The highest BCUT2D eigenvalue weighted by atomic mass is 19.4. The predicted octanol–water partition coefficient (Wildman–Crippen LogP) is 2.23. The summed E-state index contributed by atoms with van der Waals surface area (Å²) in [6, 6.07) is -0.303. The quantitative estimate of drug-likeness (QED) is 0.783. The fourth-order valence-electron chi connectivity index (χ4n) is 4.13. The Morgan fingerprint density at radius 1 is 1.27 bits per heavy atom. The number of amides is 1. The molecule has 0 aromatic heterocycles. The minimum atomic E-state index is -4.42. The summed E-state index contributed by atoms with van der Waals surface area (Å²) in [6.07, 6.45) is -3.58. The fraction of sp³-hybridized carbons (Fsp3) is 0.933. The maximum Gasteiger partial charge on any atom is 0.416 e. The zero-order valence-electron chi connectivity index (χ0n) is 12.8. The molecule has 0 spiro atoms. The van der Waals surface area contributed by atoms with Crippen molar-refractivity contribution in [3.63, 3.8) is 0 Å². The van der Waals surface area contributed by atoms with Crippen LogP contribution in [0.15, 0.2) is 0 Å². The van der Waals surface area contributed by atoms with Crippen molar-refractivity contribution in [3.05, 3.63) is 0 Å². The summed E-state index contributed by atoms with van der Waals surface area (Å²) in [5, 5.41) is 0. The number of rotatable bonds is 2. The summed E-state index contributed by atoms with van der Waals surface area (Å²) in [6.45, 7) is 1.30. The molecule has 4 unspecified atom stereocenters. The number of halogens is 3. The molecule has 1 saturated heterocycles. The summed E-state index contributed by atoms with van der Waals surface area (Å²) >= 11 is 0. The second kappa shape index (κ2) is 5.67. The van der Waals surface area contributed by atoms with E-state index in [1.807, 2.05) is 0 Å². The molecule has 0 bridgehead atoms. The van der Waals surface area contributed by atoms with Crippen LogP contribution in [-0.2, 0) is 14.3 Å². The van der Waals surface area contributed by atoms with Crippen LogP contribution in [0.25, 0.3) is 0 Å². The number of alkyl halides is 3. The number of nitrogens with zero attached hydrogens (tertiary/aromatic N) is 1. The molecule has 0 aromatic carbocycles. The number of morpholine rings is 1. The average Bonchev–Trinajstić information content (AvgIpc) is 2.76. The summed E-state index contributed by atoms with van der Waals surface area (Å²) < 4.78 is 48.7. The summed E-state index contributed by atoms with van der Waals surface area (Å²) in [5.41, 5.74) is 0. The maximum absolute atomic E-state index is 12.8. The van der Waals surface area contributed by atoms with Gasteiger partial charge in [-0.2, -0.15) is 13.2 Å². The molecule has 4 nitrogen and oxygen atoms in total. The molecule has 0 aromatic rings. The number of hydrogen-bond donors (Lipinski definition) is 0. The van der Waals surface area contributed by atoms with E-state index >= 15 is 0 Å². The molecule has 7 heteroatoms. The predicted molar refractivity (Wildman–Crippen MR) is 72.1 cm³/mol. The number of hydrogen-bond acceptors (Lipinski definition) is 3. The van der Waals surface area contributed by atoms with E-state index in [9.17, 15) is 18.0 Å². The Labute approximate surface area is 127 Å². The SMILES string of the molecule is COC1C[C@@H]2CC(C(=O)N3CC(C(F)(F)F)OCC3C)C[C@H]12. The Kier molecular flexibility index (Phi) is 4.14. The first-order chi connectivity index (χ1) is 10.3. The van der Waals surface area contributed by atoms with Crippen LogP contribution in [0.5, 0.6) is 0 Å². The van der Waals surface area contributed by atoms with Gasteiger partial charge in [-0.15, -0.1) is 0 Å². The fourth-order valence-corrected chi connectivity index (χ4v) is 4.13. The van der Waals surface area contributed by atoms with Gasteiger partial charge in [0, 0.05) is 13.0 Å². The van der Waals surface area contributed by atoms with Crippen molar-refractivity contribution in [3.8, 4) is 0 Å². The lowest BCUT2D eigenvalue weighted by Gasteiger charge is -2.39. The largest absolute Gasteiger partial charge is 0.416 e. The third kappa shape index (κ3) is 2.73. The van der Waals surface area contributed by atoms with E-state index in [1.54, 1.807) is 14.0 Å². The van der Waals surface area contributed by atoms with E-state index in [1.165, 1.54) is 4.90 Å². The van der Waals surface area contributed by atoms with E-state index in [0.717, 1.165) is 19.3 Å². The Morgan fingerprint density at radius 3 is 2.64 bits per heavy atom. The Balaban J connectivity index is 1.64. The Hall–Kier alpha value is -0.820. The van der Waals surface area contributed by atoms with Crippen LogP contribution >= 0.6 is 0 Å². The highest BCUT2D eigenvalue weighted by molar-refractivity contribution is 5.79. The van der Waals surface area contributed by atoms with Gasteiger partial charge in [0.15, 0.2) is 6.10 Å². The zero-order valence-corrected chi connectivity index (χ0v) is 12.8. The van der Waals surface area contributed by atoms with E-state index in [2.05, 4.69) is 0 Å². The lowest BCUT2D eigenvalue weighted by Crippen LogP contribution is -2.56. The second-order valence-corrected chi connectivity index (χ2v) is 6.81. The van der Waals surface area contributed by atoms with Crippen LogP contribution in [0.1, 0.15) is 26.2 Å². The van der Waals surface area contributed by atoms with E-state index in [0.29, 0.717) is 11.8 Å². The van der Waals surface area contributed by atoms with Crippen molar-refractivity contribution in [1.82, 2.24) is 4.90 Å². The third-order valence-corrected chi connectivity index (χ3v) is 5.50. The van der Waals surface area contributed by atoms with Crippen molar-refractivity contribution in [2.45, 2.75) is 50.6 Å². The number of carbonyl (C=O) groups excluding carboxylic acids is 1. The zero-order chi connectivity index (χ0) is 16.1. The Morgan fingerprint density at radius 2 is 2.00 bits per heavy atom. The Bertz CT molecular complexity index is 442. The van der Waals surface area contributed by atoms with Gasteiger partial charge in [0.1, 0.15) is 0 Å². The molecule has 1 aliphatic heterocycles. The minimum Gasteiger partial charge on any atom is -0.381 e. The molecule has 0 radical (unpaired) electrons. The van der Waals surface area contributed by atoms with Crippen LogP contribution in [-0.4, -0.2) is 55.5 Å². The molecule has 3 rings (SSSR count). The number of fused-ring (bicyclic) bond motifs is 1. The topological polar surface area (TPSA) is 38.8 Å². The summed E-state index contributed by atoms with van der Waals surface area (Å²) in [4.78, 5) is 14.0. The summed E-state index contributed by atoms with van der Waals surface area (Å²) in [7, 11) is 1.67. The molecule has 2 saturated carbocycles. The molecule has 1 heterocycles. The van der Waals surface area contributed by atoms with Gasteiger partial charge in [-0.05, 0) is 38.0 Å². The summed E-state index contributed by atoms with van der Waals surface area (Å²) in [5.74, 6) is 0.584. The van der Waals surface area contributed by atoms with Gasteiger partial charge in [-0.1, -0.05) is 0 Å². The molecular weight excluding hydrogens is 299 g/mol. The van der Waals surface area contributed by atoms with Gasteiger partial charge in [0.25, 0.3) is 0 Å². The highest BCUT2D eigenvalue weighted by Gasteiger charge is 2.52. The van der Waals surface area contributed by atoms with Crippen LogP contribution in [0.4, 0.5) is 13.2 Å². The third-order valence-electron chi connectivity index (χ3n) is 5.50. The smallest absolute Gasteiger partial charge is 0.381 e. The molecule has 126 valence electrons. The van der Waals surface area contributed by atoms with Crippen molar-refractivity contribution in [2.24, 2.45) is 17.8 Å². The van der Waals surface area contributed by atoms with Gasteiger partial charge in [-0.25, -0.2) is 0 Å². The molecular formula is C15H22F3NO3. The number of carbonyl (C=O) groups is 1. The van der Waals surface area contributed by atoms with E-state index in [4.69, 9.17) is 9.47 Å². The molecule has 2 aliphatic carbocycles. The maximum atomic E-state index is 12.8. The normalized spacial score (nSPS) is 42.0. The van der Waals surface area contributed by atoms with Crippen LogP contribution in [0.3, 0.4) is 0 Å². The molecule has 0 N–H and O–H groups in total. The average molecular weight is 321 g/mol. The minimum absolute atomic E-state index is 0.0593. The van der Waals surface area contributed by atoms with E-state index in [-0.39, 0.29) is 37.1 Å². The standard InChI is InChI=1S/C15H22F3NO3/c1-8-7-22-13(15(16,17)18)6-19(8)14(20)10-3-9-5-12(21-2)11(9)4-10/h8-13H,3-7H2,1-2H3/t8?,9-,10?,11-,12?,13?/m0/s1. The van der Waals surface area contributed by atoms with Crippen LogP contribution in [0.2, 0.25) is 0 Å². The first kappa shape index (κ1) is 16.1. The molecule has 22 heavy (non-hydrogen) atoms. The number of methoxy groups -OCH3 is 1. The van der Waals surface area contributed by atoms with Gasteiger partial charge in [0.2, 0.25) is 5.91 Å². The monoisotopic (exact) mass is 321 g/mol. The molecule has 3 aliphatic rings. The molecule has 1 amide bonds.